The van der Waals surface area contributed by atoms with Gasteiger partial charge in [-0.1, -0.05) is 17.7 Å². The zero-order chi connectivity index (χ0) is 36.1. The van der Waals surface area contributed by atoms with Crippen molar-refractivity contribution in [3.8, 4) is 23.2 Å². The summed E-state index contributed by atoms with van der Waals surface area (Å²) in [5.41, 5.74) is 5.11. The largest absolute Gasteiger partial charge is 0.461 e. The molecule has 0 bridgehead atoms. The molecule has 4 aliphatic rings. The Balaban J connectivity index is 1.15. The number of likely N-dealkylation sites (tertiary alicyclic amines) is 1. The maximum Gasteiger partial charge on any atom is 0.346 e. The van der Waals surface area contributed by atoms with E-state index in [4.69, 9.17) is 27.1 Å². The number of nitrogen functional groups attached to an aromatic ring is 1. The van der Waals surface area contributed by atoms with Gasteiger partial charge in [0.2, 0.25) is 4.73 Å². The van der Waals surface area contributed by atoms with Crippen molar-refractivity contribution in [2.45, 2.75) is 49.4 Å². The van der Waals surface area contributed by atoms with Gasteiger partial charge in [-0.15, -0.1) is 16.4 Å². The molecular formula is C34H29BrClF3N10O2S. The number of nitriles is 1. The minimum absolute atomic E-state index is 0.00312. The van der Waals surface area contributed by atoms with Crippen LogP contribution in [0.4, 0.5) is 28.8 Å². The first-order chi connectivity index (χ1) is 25.0. The van der Waals surface area contributed by atoms with Gasteiger partial charge in [0.1, 0.15) is 47.3 Å². The number of aromatic nitrogens is 5. The number of nitrogens with two attached hydrogens (primary N) is 1. The molecule has 3 atom stereocenters. The lowest BCUT2D eigenvalue weighted by atomic mass is 9.84. The van der Waals surface area contributed by atoms with E-state index in [1.54, 1.807) is 11.0 Å². The molecule has 12 nitrogen and oxygen atoms in total. The Bertz CT molecular complexity index is 2370. The van der Waals surface area contributed by atoms with Gasteiger partial charge in [0, 0.05) is 48.9 Å². The van der Waals surface area contributed by atoms with E-state index in [1.807, 2.05) is 11.0 Å². The van der Waals surface area contributed by atoms with Crippen molar-refractivity contribution in [3.05, 3.63) is 51.5 Å². The predicted molar refractivity (Wildman–Crippen MR) is 192 cm³/mol. The van der Waals surface area contributed by atoms with Crippen LogP contribution in [0.15, 0.2) is 29.3 Å². The second-order valence-electron chi connectivity index (χ2n) is 13.9. The third-order valence-corrected chi connectivity index (χ3v) is 12.9. The third kappa shape index (κ3) is 5.05. The van der Waals surface area contributed by atoms with Crippen LogP contribution >= 0.6 is 38.9 Å². The number of hydrogen-bond acceptors (Lipinski definition) is 11. The highest BCUT2D eigenvalue weighted by molar-refractivity contribution is 9.10. The van der Waals surface area contributed by atoms with E-state index >= 15 is 4.39 Å². The van der Waals surface area contributed by atoms with Crippen LogP contribution in [0, 0.1) is 23.0 Å². The number of alkyl halides is 1. The normalized spacial score (nSPS) is 24.3. The van der Waals surface area contributed by atoms with Crippen molar-refractivity contribution in [3.63, 3.8) is 0 Å². The van der Waals surface area contributed by atoms with Crippen molar-refractivity contribution >= 4 is 76.7 Å². The minimum Gasteiger partial charge on any atom is -0.461 e. The topological polar surface area (TPSA) is 142 Å². The molecule has 0 aliphatic carbocycles. The lowest BCUT2D eigenvalue weighted by Gasteiger charge is -2.50. The summed E-state index contributed by atoms with van der Waals surface area (Å²) >= 11 is 11.0. The highest BCUT2D eigenvalue weighted by atomic mass is 79.9. The van der Waals surface area contributed by atoms with E-state index in [-0.39, 0.29) is 61.0 Å². The highest BCUT2D eigenvalue weighted by Crippen LogP contribution is 2.48. The molecule has 52 heavy (non-hydrogen) atoms. The molecule has 1 amide bonds. The second kappa shape index (κ2) is 12.2. The fourth-order valence-electron chi connectivity index (χ4n) is 8.63. The molecule has 7 heterocycles. The summed E-state index contributed by atoms with van der Waals surface area (Å²) in [5, 5.41) is 14.6. The van der Waals surface area contributed by atoms with Gasteiger partial charge in [-0.3, -0.25) is 4.90 Å². The van der Waals surface area contributed by atoms with Crippen LogP contribution < -0.4 is 15.4 Å². The molecule has 3 aromatic heterocycles. The number of anilines is 2. The molecule has 1 unspecified atom stereocenters. The zero-order valence-corrected chi connectivity index (χ0v) is 30.5. The quantitative estimate of drug-likeness (QED) is 0.208. The summed E-state index contributed by atoms with van der Waals surface area (Å²) in [4.78, 5) is 32.7. The maximum absolute atomic E-state index is 17.1. The number of carbonyl (C=O) groups excluding carboxylic acids is 1. The van der Waals surface area contributed by atoms with Crippen LogP contribution in [0.3, 0.4) is 0 Å². The number of nitrogens with zero attached hydrogens (tertiary/aromatic N) is 9. The summed E-state index contributed by atoms with van der Waals surface area (Å²) in [6, 6.07) is 5.76. The first kappa shape index (κ1) is 33.6. The van der Waals surface area contributed by atoms with Crippen LogP contribution in [-0.4, -0.2) is 97.1 Å². The van der Waals surface area contributed by atoms with Crippen LogP contribution in [0.2, 0.25) is 5.02 Å². The molecular weight excluding hydrogens is 785 g/mol. The Morgan fingerprint density at radius 3 is 2.79 bits per heavy atom. The van der Waals surface area contributed by atoms with Crippen molar-refractivity contribution in [2.75, 3.05) is 50.0 Å². The first-order valence-electron chi connectivity index (χ1n) is 16.8. The van der Waals surface area contributed by atoms with Gasteiger partial charge >= 0.3 is 12.0 Å². The molecule has 4 saturated heterocycles. The molecule has 9 rings (SSSR count). The van der Waals surface area contributed by atoms with Crippen LogP contribution in [0.5, 0.6) is 6.01 Å². The summed E-state index contributed by atoms with van der Waals surface area (Å²) in [6.07, 6.45) is 3.74. The molecule has 18 heteroatoms. The Morgan fingerprint density at radius 2 is 2.04 bits per heavy atom. The van der Waals surface area contributed by atoms with Gasteiger partial charge in [0.05, 0.1) is 26.4 Å². The monoisotopic (exact) mass is 812 g/mol. The average Bonchev–Trinajstić information content (AvgIpc) is 3.93. The number of thiophene rings is 1. The van der Waals surface area contributed by atoms with E-state index in [9.17, 15) is 18.8 Å². The Kier molecular flexibility index (Phi) is 7.85. The standard InChI is InChI=1S/C34H29BrClF3N10O2S/c35-30-42-16-49(45-30)32(50)48-9-6-33(48)5-8-46(14-33)29-19-10-21(36)24(18-2-3-22(38)27-23(18)20(12-40)28(41)52-27)25(39)26(19)43-31(44-29)51-15-34-4-1-7-47(34)13-17(37)11-34/h2-3,10,16-17H,1,4-9,11,13-15,41H2/t17-,33?,34+/m1/s1. The van der Waals surface area contributed by atoms with Crippen molar-refractivity contribution < 1.29 is 22.7 Å². The highest BCUT2D eigenvalue weighted by Gasteiger charge is 2.53. The number of benzene rings is 2. The summed E-state index contributed by atoms with van der Waals surface area (Å²) in [5.74, 6) is -1.04. The molecule has 4 fully saturated rings. The van der Waals surface area contributed by atoms with Gasteiger partial charge in [0.15, 0.2) is 5.82 Å². The van der Waals surface area contributed by atoms with Crippen molar-refractivity contribution in [2.24, 2.45) is 0 Å². The predicted octanol–water partition coefficient (Wildman–Crippen LogP) is 6.53. The van der Waals surface area contributed by atoms with Gasteiger partial charge in [0.25, 0.3) is 0 Å². The molecule has 4 aliphatic heterocycles. The van der Waals surface area contributed by atoms with Gasteiger partial charge < -0.3 is 20.3 Å². The van der Waals surface area contributed by atoms with Crippen LogP contribution in [0.25, 0.3) is 32.1 Å². The maximum atomic E-state index is 17.1. The van der Waals surface area contributed by atoms with E-state index in [2.05, 4.69) is 35.9 Å². The molecule has 268 valence electrons. The van der Waals surface area contributed by atoms with E-state index in [1.165, 1.54) is 23.1 Å². The number of rotatable bonds is 5. The number of amides is 1. The first-order valence-corrected chi connectivity index (χ1v) is 18.8. The van der Waals surface area contributed by atoms with E-state index in [0.717, 1.165) is 37.1 Å². The Labute approximate surface area is 312 Å². The zero-order valence-electron chi connectivity index (χ0n) is 27.4. The van der Waals surface area contributed by atoms with Gasteiger partial charge in [-0.2, -0.15) is 19.9 Å². The number of halogens is 5. The van der Waals surface area contributed by atoms with E-state index < -0.39 is 28.9 Å². The SMILES string of the molecule is N#Cc1c(N)sc2c(F)ccc(-c3c(Cl)cc4c(N5CCC6(CCN6C(=O)n6cnc(Br)n6)C5)nc(OC[C@@]56CCCN5C[C@H](F)C6)nc4c3F)c12. The van der Waals surface area contributed by atoms with E-state index in [0.29, 0.717) is 55.0 Å². The number of fused-ring (bicyclic) bond motifs is 3. The molecule has 1 spiro atoms. The minimum atomic E-state index is -0.969. The van der Waals surface area contributed by atoms with Crippen LogP contribution in [-0.2, 0) is 0 Å². The number of carbonyl (C=O) groups is 1. The van der Waals surface area contributed by atoms with Gasteiger partial charge in [-0.25, -0.2) is 22.9 Å². The van der Waals surface area contributed by atoms with Gasteiger partial charge in [-0.05, 0) is 65.9 Å². The Hall–Kier alpha value is -4.24. The Morgan fingerprint density at radius 1 is 1.21 bits per heavy atom. The van der Waals surface area contributed by atoms with Crippen molar-refractivity contribution in [1.29, 1.82) is 5.26 Å². The smallest absolute Gasteiger partial charge is 0.346 e. The summed E-state index contributed by atoms with van der Waals surface area (Å²) in [6.45, 7) is 2.63. The number of hydrogen-bond donors (Lipinski definition) is 1. The summed E-state index contributed by atoms with van der Waals surface area (Å²) in [7, 11) is 0. The number of ether oxygens (including phenoxy) is 1. The third-order valence-electron chi connectivity index (χ3n) is 11.2. The molecule has 0 radical (unpaired) electrons. The fourth-order valence-corrected chi connectivity index (χ4v) is 10.1. The van der Waals surface area contributed by atoms with Crippen LogP contribution in [0.1, 0.15) is 37.7 Å². The fraction of sp³-hybridized carbons (Fsp3) is 0.412. The summed E-state index contributed by atoms with van der Waals surface area (Å²) < 4.78 is 54.6. The second-order valence-corrected chi connectivity index (χ2v) is 16.1. The molecule has 5 aromatic rings. The molecule has 2 aromatic carbocycles. The molecule has 0 saturated carbocycles. The lowest BCUT2D eigenvalue weighted by molar-refractivity contribution is 0.0399. The lowest BCUT2D eigenvalue weighted by Crippen LogP contribution is -2.64. The van der Waals surface area contributed by atoms with Crippen molar-refractivity contribution in [1.82, 2.24) is 34.5 Å². The average molecular weight is 814 g/mol. The molecule has 2 N–H and O–H groups in total.